The standard InChI is InChI=1S/C23H28BrClN2O2/c1-2-12-28-21-14-18(5-6-19-7-8-20(25)16-23(19)24)15-22(17-21)29-13-4-3-10-27-11-9-26/h2,5-8,14-17,27H,1,3-4,9-13,26H2/b6-5+. The summed E-state index contributed by atoms with van der Waals surface area (Å²) in [6.45, 7) is 7.27. The normalized spacial score (nSPS) is 11.0. The van der Waals surface area contributed by atoms with Gasteiger partial charge in [-0.25, -0.2) is 0 Å². The third-order valence-electron chi connectivity index (χ3n) is 4.03. The van der Waals surface area contributed by atoms with Crippen LogP contribution in [0.4, 0.5) is 0 Å². The van der Waals surface area contributed by atoms with Gasteiger partial charge in [0.05, 0.1) is 6.61 Å². The SMILES string of the molecule is C=CCOc1cc(/C=C/c2ccc(Cl)cc2Br)cc(OCCCCNCCN)c1. The minimum atomic E-state index is 0.447. The molecule has 2 aromatic carbocycles. The van der Waals surface area contributed by atoms with Crippen molar-refractivity contribution in [2.45, 2.75) is 12.8 Å². The number of nitrogens with two attached hydrogens (primary N) is 1. The molecule has 0 saturated carbocycles. The molecule has 0 amide bonds. The van der Waals surface area contributed by atoms with Crippen LogP contribution in [0.15, 0.2) is 53.5 Å². The molecule has 0 fully saturated rings. The number of hydrogen-bond acceptors (Lipinski definition) is 4. The molecule has 4 nitrogen and oxygen atoms in total. The van der Waals surface area contributed by atoms with Gasteiger partial charge in [-0.1, -0.05) is 58.4 Å². The maximum atomic E-state index is 6.02. The highest BCUT2D eigenvalue weighted by Crippen LogP contribution is 2.27. The molecule has 0 unspecified atom stereocenters. The molecule has 0 aliphatic carbocycles. The zero-order valence-corrected chi connectivity index (χ0v) is 18.8. The van der Waals surface area contributed by atoms with Gasteiger partial charge in [-0.15, -0.1) is 0 Å². The Labute approximate surface area is 186 Å². The quantitative estimate of drug-likeness (QED) is 0.225. The van der Waals surface area contributed by atoms with Crippen LogP contribution in [0.2, 0.25) is 5.02 Å². The molecule has 0 aliphatic heterocycles. The van der Waals surface area contributed by atoms with Crippen molar-refractivity contribution in [3.63, 3.8) is 0 Å². The van der Waals surface area contributed by atoms with Gasteiger partial charge in [0, 0.05) is 28.7 Å². The van der Waals surface area contributed by atoms with Crippen LogP contribution in [-0.2, 0) is 0 Å². The number of rotatable bonds is 13. The molecule has 0 spiro atoms. The van der Waals surface area contributed by atoms with Gasteiger partial charge in [0.25, 0.3) is 0 Å². The minimum absolute atomic E-state index is 0.447. The summed E-state index contributed by atoms with van der Waals surface area (Å²) in [4.78, 5) is 0. The Balaban J connectivity index is 2.03. The Kier molecular flexibility index (Phi) is 10.9. The van der Waals surface area contributed by atoms with Crippen LogP contribution in [-0.4, -0.2) is 32.8 Å². The molecular formula is C23H28BrClN2O2. The number of halogens is 2. The van der Waals surface area contributed by atoms with Crippen molar-refractivity contribution in [3.8, 4) is 11.5 Å². The zero-order valence-electron chi connectivity index (χ0n) is 16.5. The topological polar surface area (TPSA) is 56.5 Å². The number of ether oxygens (including phenoxy) is 2. The lowest BCUT2D eigenvalue weighted by molar-refractivity contribution is 0.302. The summed E-state index contributed by atoms with van der Waals surface area (Å²) in [5.74, 6) is 1.54. The first-order chi connectivity index (χ1) is 14.1. The van der Waals surface area contributed by atoms with Gasteiger partial charge >= 0.3 is 0 Å². The van der Waals surface area contributed by atoms with E-state index in [-0.39, 0.29) is 0 Å². The first-order valence-electron chi connectivity index (χ1n) is 9.68. The van der Waals surface area contributed by atoms with Crippen LogP contribution in [0.5, 0.6) is 11.5 Å². The molecule has 0 saturated heterocycles. The highest BCUT2D eigenvalue weighted by atomic mass is 79.9. The van der Waals surface area contributed by atoms with Crippen molar-refractivity contribution in [1.82, 2.24) is 5.32 Å². The summed E-state index contributed by atoms with van der Waals surface area (Å²) in [6, 6.07) is 11.6. The maximum Gasteiger partial charge on any atom is 0.124 e. The fourth-order valence-corrected chi connectivity index (χ4v) is 3.42. The lowest BCUT2D eigenvalue weighted by Gasteiger charge is -2.11. The predicted molar refractivity (Wildman–Crippen MR) is 127 cm³/mol. The third-order valence-corrected chi connectivity index (χ3v) is 4.95. The Hall–Kier alpha value is -1.79. The van der Waals surface area contributed by atoms with Crippen LogP contribution in [0.3, 0.4) is 0 Å². The number of hydrogen-bond donors (Lipinski definition) is 2. The molecule has 0 bridgehead atoms. The number of benzene rings is 2. The molecular weight excluding hydrogens is 452 g/mol. The molecule has 0 aliphatic rings. The lowest BCUT2D eigenvalue weighted by atomic mass is 10.1. The van der Waals surface area contributed by atoms with Crippen molar-refractivity contribution >= 4 is 39.7 Å². The maximum absolute atomic E-state index is 6.02. The average Bonchev–Trinajstić information content (AvgIpc) is 2.71. The molecule has 6 heteroatoms. The second kappa shape index (κ2) is 13.4. The van der Waals surface area contributed by atoms with E-state index >= 15 is 0 Å². The van der Waals surface area contributed by atoms with Crippen LogP contribution in [0, 0.1) is 0 Å². The van der Waals surface area contributed by atoms with E-state index < -0.39 is 0 Å². The number of unbranched alkanes of at least 4 members (excludes halogenated alkanes) is 1. The van der Waals surface area contributed by atoms with E-state index in [0.29, 0.717) is 24.8 Å². The van der Waals surface area contributed by atoms with Crippen LogP contribution in [0.25, 0.3) is 12.2 Å². The van der Waals surface area contributed by atoms with Crippen molar-refractivity contribution in [2.24, 2.45) is 5.73 Å². The first-order valence-corrected chi connectivity index (χ1v) is 10.8. The van der Waals surface area contributed by atoms with Gasteiger partial charge < -0.3 is 20.5 Å². The van der Waals surface area contributed by atoms with E-state index in [4.69, 9.17) is 26.8 Å². The first kappa shape index (κ1) is 23.5. The van der Waals surface area contributed by atoms with Crippen molar-refractivity contribution < 1.29 is 9.47 Å². The van der Waals surface area contributed by atoms with Gasteiger partial charge in [-0.2, -0.15) is 0 Å². The summed E-state index contributed by atoms with van der Waals surface area (Å²) in [6.07, 6.45) is 7.79. The second-order valence-electron chi connectivity index (χ2n) is 6.43. The smallest absolute Gasteiger partial charge is 0.124 e. The van der Waals surface area contributed by atoms with Crippen LogP contribution >= 0.6 is 27.5 Å². The molecule has 2 rings (SSSR count). The summed E-state index contributed by atoms with van der Waals surface area (Å²) in [5.41, 5.74) is 7.50. The van der Waals surface area contributed by atoms with E-state index in [1.165, 1.54) is 0 Å². The Morgan fingerprint density at radius 2 is 1.83 bits per heavy atom. The van der Waals surface area contributed by atoms with Crippen molar-refractivity contribution in [1.29, 1.82) is 0 Å². The fraction of sp³-hybridized carbons (Fsp3) is 0.304. The minimum Gasteiger partial charge on any atom is -0.493 e. The summed E-state index contributed by atoms with van der Waals surface area (Å²) in [5, 5.41) is 3.98. The Morgan fingerprint density at radius 1 is 1.03 bits per heavy atom. The summed E-state index contributed by atoms with van der Waals surface area (Å²) < 4.78 is 12.6. The molecule has 0 heterocycles. The van der Waals surface area contributed by atoms with E-state index in [1.54, 1.807) is 6.08 Å². The van der Waals surface area contributed by atoms with Gasteiger partial charge in [0.15, 0.2) is 0 Å². The van der Waals surface area contributed by atoms with E-state index in [9.17, 15) is 0 Å². The average molecular weight is 480 g/mol. The van der Waals surface area contributed by atoms with Gasteiger partial charge in [-0.3, -0.25) is 0 Å². The molecule has 0 aromatic heterocycles. The van der Waals surface area contributed by atoms with Gasteiger partial charge in [0.2, 0.25) is 0 Å². The van der Waals surface area contributed by atoms with Gasteiger partial charge in [-0.05, 0) is 54.8 Å². The third kappa shape index (κ3) is 9.05. The van der Waals surface area contributed by atoms with Crippen LogP contribution in [0.1, 0.15) is 24.0 Å². The molecule has 29 heavy (non-hydrogen) atoms. The van der Waals surface area contributed by atoms with Crippen molar-refractivity contribution in [2.75, 3.05) is 32.8 Å². The summed E-state index contributed by atoms with van der Waals surface area (Å²) in [7, 11) is 0. The lowest BCUT2D eigenvalue weighted by Crippen LogP contribution is -2.23. The molecule has 0 radical (unpaired) electrons. The van der Waals surface area contributed by atoms with Gasteiger partial charge in [0.1, 0.15) is 18.1 Å². The van der Waals surface area contributed by atoms with Crippen molar-refractivity contribution in [3.05, 3.63) is 69.7 Å². The highest BCUT2D eigenvalue weighted by Gasteiger charge is 2.03. The number of nitrogens with one attached hydrogen (secondary N) is 1. The Bertz CT molecular complexity index is 811. The fourth-order valence-electron chi connectivity index (χ4n) is 2.60. The van der Waals surface area contributed by atoms with E-state index in [0.717, 1.165) is 53.0 Å². The Morgan fingerprint density at radius 3 is 2.55 bits per heavy atom. The van der Waals surface area contributed by atoms with Crippen LogP contribution < -0.4 is 20.5 Å². The molecule has 3 N–H and O–H groups in total. The monoisotopic (exact) mass is 478 g/mol. The second-order valence-corrected chi connectivity index (χ2v) is 7.72. The molecule has 0 atom stereocenters. The largest absolute Gasteiger partial charge is 0.493 e. The zero-order chi connectivity index (χ0) is 20.9. The summed E-state index contributed by atoms with van der Waals surface area (Å²) >= 11 is 9.56. The molecule has 156 valence electrons. The molecule has 2 aromatic rings. The predicted octanol–water partition coefficient (Wildman–Crippen LogP) is 5.55. The highest BCUT2D eigenvalue weighted by molar-refractivity contribution is 9.10. The van der Waals surface area contributed by atoms with E-state index in [1.807, 2.05) is 48.6 Å². The van der Waals surface area contributed by atoms with E-state index in [2.05, 4.69) is 27.8 Å².